The summed E-state index contributed by atoms with van der Waals surface area (Å²) in [7, 11) is 0. The van der Waals surface area contributed by atoms with Gasteiger partial charge in [-0.1, -0.05) is 24.4 Å². The van der Waals surface area contributed by atoms with Gasteiger partial charge in [-0.05, 0) is 12.8 Å². The summed E-state index contributed by atoms with van der Waals surface area (Å²) in [5.74, 6) is 0.221. The summed E-state index contributed by atoms with van der Waals surface area (Å²) >= 11 is 0. The van der Waals surface area contributed by atoms with Crippen molar-refractivity contribution < 1.29 is 5.21 Å². The zero-order chi connectivity index (χ0) is 8.10. The monoisotopic (exact) mass is 152 g/mol. The summed E-state index contributed by atoms with van der Waals surface area (Å²) in [4.78, 5) is 0. The molecular formula is C8H12N2O. The Morgan fingerprint density at radius 1 is 1.36 bits per heavy atom. The van der Waals surface area contributed by atoms with Crippen LogP contribution in [0.2, 0.25) is 0 Å². The Kier molecular flexibility index (Phi) is 2.91. The Morgan fingerprint density at radius 3 is 2.45 bits per heavy atom. The van der Waals surface area contributed by atoms with E-state index in [0.717, 1.165) is 25.7 Å². The quantitative estimate of drug-likeness (QED) is 0.354. The minimum absolute atomic E-state index is 0.221. The number of hydrogen-bond donors (Lipinski definition) is 1. The predicted molar refractivity (Wildman–Crippen MR) is 41.4 cm³/mol. The van der Waals surface area contributed by atoms with Gasteiger partial charge < -0.3 is 5.21 Å². The highest BCUT2D eigenvalue weighted by Crippen LogP contribution is 2.24. The molecule has 1 aliphatic rings. The van der Waals surface area contributed by atoms with Gasteiger partial charge in [0, 0.05) is 5.92 Å². The number of rotatable bonds is 1. The summed E-state index contributed by atoms with van der Waals surface area (Å²) in [6.45, 7) is 0. The second-order valence-electron chi connectivity index (χ2n) is 2.93. The Morgan fingerprint density at radius 2 is 2.00 bits per heavy atom. The molecule has 0 saturated heterocycles. The van der Waals surface area contributed by atoms with Crippen molar-refractivity contribution in [2.75, 3.05) is 0 Å². The van der Waals surface area contributed by atoms with Crippen molar-refractivity contribution in [3.63, 3.8) is 0 Å². The van der Waals surface area contributed by atoms with Gasteiger partial charge in [-0.2, -0.15) is 5.26 Å². The van der Waals surface area contributed by atoms with E-state index in [1.54, 1.807) is 0 Å². The molecule has 3 heteroatoms. The SMILES string of the molecule is N#C/C(=N\O)C1CCCCC1. The van der Waals surface area contributed by atoms with Crippen LogP contribution >= 0.6 is 0 Å². The van der Waals surface area contributed by atoms with Crippen molar-refractivity contribution in [1.82, 2.24) is 0 Å². The fraction of sp³-hybridized carbons (Fsp3) is 0.750. The maximum atomic E-state index is 8.54. The van der Waals surface area contributed by atoms with E-state index in [-0.39, 0.29) is 5.92 Å². The molecule has 1 fully saturated rings. The van der Waals surface area contributed by atoms with Crippen molar-refractivity contribution in [3.8, 4) is 6.07 Å². The Labute approximate surface area is 66.3 Å². The van der Waals surface area contributed by atoms with E-state index >= 15 is 0 Å². The molecule has 0 amide bonds. The smallest absolute Gasteiger partial charge is 0.159 e. The third-order valence-corrected chi connectivity index (χ3v) is 2.21. The molecular weight excluding hydrogens is 140 g/mol. The van der Waals surface area contributed by atoms with E-state index in [4.69, 9.17) is 10.5 Å². The minimum atomic E-state index is 0.221. The third-order valence-electron chi connectivity index (χ3n) is 2.21. The van der Waals surface area contributed by atoms with Crippen LogP contribution < -0.4 is 0 Å². The summed E-state index contributed by atoms with van der Waals surface area (Å²) in [5, 5.41) is 20.0. The number of nitriles is 1. The molecule has 0 unspecified atom stereocenters. The van der Waals surface area contributed by atoms with Gasteiger partial charge in [0.05, 0.1) is 0 Å². The lowest BCUT2D eigenvalue weighted by molar-refractivity contribution is 0.311. The van der Waals surface area contributed by atoms with Crippen LogP contribution in [0.25, 0.3) is 0 Å². The largest absolute Gasteiger partial charge is 0.410 e. The van der Waals surface area contributed by atoms with Crippen LogP contribution in [-0.2, 0) is 0 Å². The second-order valence-corrected chi connectivity index (χ2v) is 2.93. The minimum Gasteiger partial charge on any atom is -0.410 e. The molecule has 0 heterocycles. The molecule has 0 aromatic carbocycles. The van der Waals surface area contributed by atoms with Gasteiger partial charge in [-0.25, -0.2) is 0 Å². The fourth-order valence-electron chi connectivity index (χ4n) is 1.57. The molecule has 11 heavy (non-hydrogen) atoms. The molecule has 0 atom stereocenters. The van der Waals surface area contributed by atoms with Crippen LogP contribution in [0.4, 0.5) is 0 Å². The van der Waals surface area contributed by atoms with Gasteiger partial charge in [0.25, 0.3) is 0 Å². The first-order valence-electron chi connectivity index (χ1n) is 4.00. The van der Waals surface area contributed by atoms with Crippen molar-refractivity contribution in [3.05, 3.63) is 0 Å². The van der Waals surface area contributed by atoms with Crippen LogP contribution in [0.1, 0.15) is 32.1 Å². The third kappa shape index (κ3) is 1.94. The van der Waals surface area contributed by atoms with Crippen LogP contribution in [0, 0.1) is 17.2 Å². The summed E-state index contributed by atoms with van der Waals surface area (Å²) in [6.07, 6.45) is 5.58. The number of hydrogen-bond acceptors (Lipinski definition) is 3. The standard InChI is InChI=1S/C8H12N2O/c9-6-8(10-11)7-4-2-1-3-5-7/h7,11H,1-5H2/b10-8+. The lowest BCUT2D eigenvalue weighted by Gasteiger charge is -2.18. The summed E-state index contributed by atoms with van der Waals surface area (Å²) < 4.78 is 0. The van der Waals surface area contributed by atoms with E-state index in [9.17, 15) is 0 Å². The van der Waals surface area contributed by atoms with E-state index in [1.807, 2.05) is 6.07 Å². The molecule has 60 valence electrons. The number of oxime groups is 1. The van der Waals surface area contributed by atoms with E-state index in [0.29, 0.717) is 5.71 Å². The van der Waals surface area contributed by atoms with Gasteiger partial charge in [0.15, 0.2) is 5.71 Å². The molecule has 1 rings (SSSR count). The molecule has 1 aliphatic carbocycles. The van der Waals surface area contributed by atoms with Crippen molar-refractivity contribution in [2.45, 2.75) is 32.1 Å². The topological polar surface area (TPSA) is 56.4 Å². The van der Waals surface area contributed by atoms with Crippen molar-refractivity contribution in [2.24, 2.45) is 11.1 Å². The molecule has 3 nitrogen and oxygen atoms in total. The predicted octanol–water partition coefficient (Wildman–Crippen LogP) is 1.92. The van der Waals surface area contributed by atoms with Crippen LogP contribution in [0.5, 0.6) is 0 Å². The molecule has 0 bridgehead atoms. The highest BCUT2D eigenvalue weighted by molar-refractivity contribution is 5.99. The van der Waals surface area contributed by atoms with Crippen LogP contribution in [-0.4, -0.2) is 10.9 Å². The summed E-state index contributed by atoms with van der Waals surface area (Å²) in [5.41, 5.74) is 0.310. The lowest BCUT2D eigenvalue weighted by Crippen LogP contribution is -2.16. The molecule has 0 spiro atoms. The highest BCUT2D eigenvalue weighted by atomic mass is 16.4. The first kappa shape index (κ1) is 8.06. The zero-order valence-corrected chi connectivity index (χ0v) is 6.45. The van der Waals surface area contributed by atoms with E-state index in [1.165, 1.54) is 6.42 Å². The van der Waals surface area contributed by atoms with E-state index in [2.05, 4.69) is 5.16 Å². The number of nitrogens with zero attached hydrogens (tertiary/aromatic N) is 2. The normalized spacial score (nSPS) is 21.2. The van der Waals surface area contributed by atoms with Crippen molar-refractivity contribution >= 4 is 5.71 Å². The Bertz CT molecular complexity index is 187. The van der Waals surface area contributed by atoms with Gasteiger partial charge in [0.2, 0.25) is 0 Å². The van der Waals surface area contributed by atoms with Crippen LogP contribution in [0.15, 0.2) is 5.16 Å². The van der Waals surface area contributed by atoms with Gasteiger partial charge in [0.1, 0.15) is 6.07 Å². The Hall–Kier alpha value is -1.04. The van der Waals surface area contributed by atoms with Gasteiger partial charge in [-0.3, -0.25) is 0 Å². The zero-order valence-electron chi connectivity index (χ0n) is 6.45. The Balaban J connectivity index is 2.52. The second kappa shape index (κ2) is 3.97. The highest BCUT2D eigenvalue weighted by Gasteiger charge is 2.19. The molecule has 1 saturated carbocycles. The van der Waals surface area contributed by atoms with Gasteiger partial charge in [-0.15, -0.1) is 0 Å². The molecule has 1 N–H and O–H groups in total. The first-order chi connectivity index (χ1) is 5.38. The fourth-order valence-corrected chi connectivity index (χ4v) is 1.57. The molecule has 0 aliphatic heterocycles. The maximum Gasteiger partial charge on any atom is 0.159 e. The molecule has 0 radical (unpaired) electrons. The lowest BCUT2D eigenvalue weighted by atomic mass is 9.86. The molecule has 0 aromatic rings. The van der Waals surface area contributed by atoms with Crippen LogP contribution in [0.3, 0.4) is 0 Å². The first-order valence-corrected chi connectivity index (χ1v) is 4.00. The van der Waals surface area contributed by atoms with E-state index < -0.39 is 0 Å². The van der Waals surface area contributed by atoms with Crippen molar-refractivity contribution in [1.29, 1.82) is 5.26 Å². The average Bonchev–Trinajstić information content (AvgIpc) is 2.09. The van der Waals surface area contributed by atoms with Gasteiger partial charge >= 0.3 is 0 Å². The molecule has 0 aromatic heterocycles. The summed E-state index contributed by atoms with van der Waals surface area (Å²) in [6, 6.07) is 1.92. The maximum absolute atomic E-state index is 8.54. The average molecular weight is 152 g/mol.